The van der Waals surface area contributed by atoms with Gasteiger partial charge in [-0.1, -0.05) is 54.6 Å². The van der Waals surface area contributed by atoms with Gasteiger partial charge in [0.1, 0.15) is 6.07 Å². The molecule has 0 spiro atoms. The molecule has 2 heterocycles. The lowest BCUT2D eigenvalue weighted by atomic mass is 9.93. The lowest BCUT2D eigenvalue weighted by Gasteiger charge is -2.21. The maximum absolute atomic E-state index is 16.0. The Morgan fingerprint density at radius 2 is 0.651 bits per heavy atom. The van der Waals surface area contributed by atoms with Gasteiger partial charge in [-0.3, -0.25) is 0 Å². The van der Waals surface area contributed by atoms with Crippen molar-refractivity contribution in [1.29, 1.82) is 31.6 Å². The fourth-order valence-corrected chi connectivity index (χ4v) is 11.2. The van der Waals surface area contributed by atoms with Crippen LogP contribution in [0.5, 0.6) is 0 Å². The highest BCUT2D eigenvalue weighted by Crippen LogP contribution is 2.47. The van der Waals surface area contributed by atoms with Gasteiger partial charge >= 0.3 is 6.18 Å². The zero-order valence-corrected chi connectivity index (χ0v) is 44.2. The molecule has 0 saturated heterocycles. The second kappa shape index (κ2) is 20.9. The van der Waals surface area contributed by atoms with E-state index in [1.54, 1.807) is 81.9 Å². The molecule has 86 heavy (non-hydrogen) atoms. The van der Waals surface area contributed by atoms with Gasteiger partial charge in [-0.15, -0.1) is 0 Å². The summed E-state index contributed by atoms with van der Waals surface area (Å²) in [5.74, 6) is 0. The first-order valence-corrected chi connectivity index (χ1v) is 25.8. The zero-order chi connectivity index (χ0) is 60.1. The minimum atomic E-state index is -5.06. The highest BCUT2D eigenvalue weighted by molar-refractivity contribution is 6.13. The predicted octanol–water partition coefficient (Wildman–Crippen LogP) is 18.7. The van der Waals surface area contributed by atoms with E-state index in [9.17, 15) is 31.6 Å². The monoisotopic (exact) mass is 1110 g/mol. The molecule has 12 rings (SSSR count). The lowest BCUT2D eigenvalue weighted by Crippen LogP contribution is -2.10. The molecular formula is C71H29F3N12. The van der Waals surface area contributed by atoms with E-state index >= 15 is 13.2 Å². The minimum Gasteiger partial charge on any atom is -0.309 e. The van der Waals surface area contributed by atoms with Crippen LogP contribution in [0.1, 0.15) is 38.9 Å². The topological polar surface area (TPSA) is 170 Å². The smallest absolute Gasteiger partial charge is 0.309 e. The number of hydrogen-bond donors (Lipinski definition) is 0. The summed E-state index contributed by atoms with van der Waals surface area (Å²) in [6, 6.07) is 59.5. The highest BCUT2D eigenvalue weighted by Gasteiger charge is 2.36. The van der Waals surface area contributed by atoms with Crippen molar-refractivity contribution in [3.8, 4) is 103 Å². The number of fused-ring (bicyclic) bond motifs is 6. The quantitative estimate of drug-likeness (QED) is 0.144. The molecule has 0 amide bonds. The Kier molecular flexibility index (Phi) is 12.9. The Morgan fingerprint density at radius 1 is 0.314 bits per heavy atom. The molecule has 0 aliphatic heterocycles. The fourth-order valence-electron chi connectivity index (χ4n) is 11.2. The van der Waals surface area contributed by atoms with Gasteiger partial charge in [0.2, 0.25) is 0 Å². The van der Waals surface area contributed by atoms with Crippen molar-refractivity contribution in [3.05, 3.63) is 261 Å². The molecule has 394 valence electrons. The van der Waals surface area contributed by atoms with Crippen molar-refractivity contribution in [1.82, 2.24) is 9.13 Å². The summed E-state index contributed by atoms with van der Waals surface area (Å²) in [7, 11) is 0. The molecule has 12 nitrogen and oxygen atoms in total. The van der Waals surface area contributed by atoms with Crippen LogP contribution in [0.3, 0.4) is 0 Å². The number of halogens is 3. The maximum Gasteiger partial charge on any atom is 0.417 e. The maximum atomic E-state index is 16.0. The Bertz CT molecular complexity index is 5100. The van der Waals surface area contributed by atoms with E-state index < -0.39 is 11.7 Å². The molecule has 0 aliphatic carbocycles. The predicted molar refractivity (Wildman–Crippen MR) is 321 cm³/mol. The first-order chi connectivity index (χ1) is 41.7. The number of nitriles is 6. The van der Waals surface area contributed by atoms with Crippen molar-refractivity contribution in [3.63, 3.8) is 0 Å². The molecule has 0 atom stereocenters. The van der Waals surface area contributed by atoms with Crippen molar-refractivity contribution in [2.75, 3.05) is 0 Å². The molecule has 0 N–H and O–H groups in total. The zero-order valence-electron chi connectivity index (χ0n) is 44.2. The van der Waals surface area contributed by atoms with Crippen molar-refractivity contribution in [2.24, 2.45) is 0 Å². The Balaban J connectivity index is 1.25. The largest absolute Gasteiger partial charge is 0.417 e. The SMILES string of the molecule is [C-]#[N+]c1cc(C#N)cc(-c2ccc3c4ccc(-c5cc(C#N)cc([N+]#[C-])c5)cc4n(-c4cc(-c5ccc(C#N)cc5C(F)(F)F)c(-n5c6cc(-c7cc(C#N)cc([N+]#[C-])c7)ccc6c6ccc(-c7cc(C#N)cc([N+]#[C-])c7)cc65)cc4C#N)c3c2)c1. The molecule has 0 unspecified atom stereocenters. The Hall–Kier alpha value is -13.5. The molecule has 0 saturated carbocycles. The van der Waals surface area contributed by atoms with Gasteiger partial charge in [0, 0.05) is 49.4 Å². The fraction of sp³-hybridized carbons (Fsp3) is 0.0141. The molecule has 12 aromatic rings. The summed E-state index contributed by atoms with van der Waals surface area (Å²) in [6.45, 7) is 31.3. The average Bonchev–Trinajstić information content (AvgIpc) is 1.57. The minimum absolute atomic E-state index is 0.0294. The summed E-state index contributed by atoms with van der Waals surface area (Å²) in [4.78, 5) is 14.4. The molecule has 0 radical (unpaired) electrons. The van der Waals surface area contributed by atoms with E-state index in [0.29, 0.717) is 88.1 Å². The first-order valence-electron chi connectivity index (χ1n) is 25.8. The number of hydrogen-bond acceptors (Lipinski definition) is 6. The van der Waals surface area contributed by atoms with E-state index in [-0.39, 0.29) is 78.6 Å². The molecule has 0 aliphatic rings. The van der Waals surface area contributed by atoms with Crippen LogP contribution in [0, 0.1) is 94.3 Å². The second-order valence-corrected chi connectivity index (χ2v) is 19.9. The van der Waals surface area contributed by atoms with E-state index in [1.165, 1.54) is 48.5 Å². The lowest BCUT2D eigenvalue weighted by molar-refractivity contribution is -0.137. The summed E-state index contributed by atoms with van der Waals surface area (Å²) in [6.07, 6.45) is -5.06. The van der Waals surface area contributed by atoms with Crippen molar-refractivity contribution >= 4 is 66.4 Å². The van der Waals surface area contributed by atoms with Crippen LogP contribution < -0.4 is 0 Å². The third-order valence-electron chi connectivity index (χ3n) is 15.0. The molecule has 0 fully saturated rings. The van der Waals surface area contributed by atoms with Crippen LogP contribution in [-0.4, -0.2) is 9.13 Å². The summed E-state index contributed by atoms with van der Waals surface area (Å²) in [5.41, 5.74) is 5.94. The number of rotatable bonds is 7. The number of aromatic nitrogens is 2. The molecule has 2 aromatic heterocycles. The standard InChI is InChI=1S/C71H29F3N12/c1-81-54-19-41(35-76)15-49(24-54)45-6-11-59-60-12-7-46(50-16-42(36-77)20-55(25-50)82-2)29-67(60)85(66(59)28-45)65-33-63(58-10-5-40(34-75)23-64(58)71(72,73)74)70(32-53(65)39-80)86-68-30-47(51-17-43(37-78)21-56(26-51)83-3)8-13-61(68)62-14-9-48(31-69(62)86)52-18-44(38-79)22-57(27-52)84-4/h5-33H. The third-order valence-corrected chi connectivity index (χ3v) is 15.0. The molecule has 15 heteroatoms. The van der Waals surface area contributed by atoms with Crippen molar-refractivity contribution < 1.29 is 13.2 Å². The van der Waals surface area contributed by atoms with Gasteiger partial charge < -0.3 is 9.13 Å². The van der Waals surface area contributed by atoms with Gasteiger partial charge in [-0.25, -0.2) is 19.4 Å². The Labute approximate surface area is 488 Å². The third kappa shape index (κ3) is 9.09. The van der Waals surface area contributed by atoms with E-state index in [2.05, 4.69) is 49.7 Å². The first kappa shape index (κ1) is 53.1. The van der Waals surface area contributed by atoms with Crippen LogP contribution in [0.15, 0.2) is 176 Å². The van der Waals surface area contributed by atoms with Crippen LogP contribution in [0.2, 0.25) is 0 Å². The highest BCUT2D eigenvalue weighted by atomic mass is 19.4. The second-order valence-electron chi connectivity index (χ2n) is 19.9. The average molecular weight is 1110 g/mol. The number of alkyl halides is 3. The summed E-state index contributed by atoms with van der Waals surface area (Å²) in [5, 5.41) is 64.4. The molecule has 0 bridgehead atoms. The number of nitrogens with zero attached hydrogens (tertiary/aromatic N) is 12. The van der Waals surface area contributed by atoms with Crippen LogP contribution in [0.4, 0.5) is 35.9 Å². The van der Waals surface area contributed by atoms with Crippen LogP contribution >= 0.6 is 0 Å². The number of benzene rings is 10. The normalized spacial score (nSPS) is 10.8. The van der Waals surface area contributed by atoms with E-state index in [1.807, 2.05) is 54.6 Å². The van der Waals surface area contributed by atoms with E-state index in [0.717, 1.165) is 6.07 Å². The van der Waals surface area contributed by atoms with Gasteiger partial charge in [0.05, 0.1) is 107 Å². The van der Waals surface area contributed by atoms with Crippen LogP contribution in [0.25, 0.3) is 130 Å². The van der Waals surface area contributed by atoms with E-state index in [4.69, 9.17) is 26.3 Å². The summed E-state index contributed by atoms with van der Waals surface area (Å²) < 4.78 is 51.4. The Morgan fingerprint density at radius 3 is 0.953 bits per heavy atom. The summed E-state index contributed by atoms with van der Waals surface area (Å²) >= 11 is 0. The van der Waals surface area contributed by atoms with Gasteiger partial charge in [0.25, 0.3) is 0 Å². The molecular weight excluding hydrogens is 1080 g/mol. The van der Waals surface area contributed by atoms with Crippen LogP contribution in [-0.2, 0) is 6.18 Å². The van der Waals surface area contributed by atoms with Gasteiger partial charge in [-0.2, -0.15) is 44.7 Å². The molecule has 10 aromatic carbocycles. The van der Waals surface area contributed by atoms with Gasteiger partial charge in [-0.05, 0) is 171 Å². The van der Waals surface area contributed by atoms with Gasteiger partial charge in [0.15, 0.2) is 22.7 Å². The van der Waals surface area contributed by atoms with Crippen molar-refractivity contribution in [2.45, 2.75) is 6.18 Å².